The van der Waals surface area contributed by atoms with Crippen LogP contribution in [0.2, 0.25) is 0 Å². The summed E-state index contributed by atoms with van der Waals surface area (Å²) in [6.07, 6.45) is 2.15. The van der Waals surface area contributed by atoms with Gasteiger partial charge in [-0.25, -0.2) is 13.5 Å². The zero-order valence-electron chi connectivity index (χ0n) is 9.53. The number of rotatable bonds is 1. The van der Waals surface area contributed by atoms with Gasteiger partial charge in [-0.15, -0.1) is 0 Å². The lowest BCUT2D eigenvalue weighted by atomic mass is 10.0. The zero-order valence-corrected chi connectivity index (χ0v) is 9.53. The van der Waals surface area contributed by atoms with E-state index in [1.165, 1.54) is 12.3 Å². The van der Waals surface area contributed by atoms with Gasteiger partial charge in [-0.1, -0.05) is 0 Å². The van der Waals surface area contributed by atoms with Crippen molar-refractivity contribution >= 4 is 11.5 Å². The first kappa shape index (κ1) is 11.0. The average molecular weight is 250 g/mol. The Morgan fingerprint density at radius 1 is 1.39 bits per heavy atom. The van der Waals surface area contributed by atoms with Crippen LogP contribution in [0.15, 0.2) is 24.4 Å². The predicted molar refractivity (Wildman–Crippen MR) is 64.2 cm³/mol. The SMILES string of the molecule is Nc1cnn2c1NCCC2c1cc(F)ccc1F. The number of nitrogens with two attached hydrogens (primary N) is 1. The Morgan fingerprint density at radius 3 is 3.06 bits per heavy atom. The van der Waals surface area contributed by atoms with Gasteiger partial charge in [0.15, 0.2) is 0 Å². The normalized spacial score (nSPS) is 18.2. The van der Waals surface area contributed by atoms with Crippen LogP contribution >= 0.6 is 0 Å². The number of anilines is 2. The van der Waals surface area contributed by atoms with E-state index in [1.807, 2.05) is 0 Å². The van der Waals surface area contributed by atoms with Gasteiger partial charge in [0.25, 0.3) is 0 Å². The third kappa shape index (κ3) is 1.61. The maximum atomic E-state index is 13.8. The fourth-order valence-corrected chi connectivity index (χ4v) is 2.30. The Kier molecular flexibility index (Phi) is 2.43. The van der Waals surface area contributed by atoms with Gasteiger partial charge >= 0.3 is 0 Å². The largest absolute Gasteiger partial charge is 0.394 e. The smallest absolute Gasteiger partial charge is 0.148 e. The number of hydrogen-bond acceptors (Lipinski definition) is 3. The summed E-state index contributed by atoms with van der Waals surface area (Å²) >= 11 is 0. The molecule has 1 aliphatic heterocycles. The highest BCUT2D eigenvalue weighted by molar-refractivity contribution is 5.62. The number of aromatic nitrogens is 2. The van der Waals surface area contributed by atoms with E-state index in [-0.39, 0.29) is 6.04 Å². The Balaban J connectivity index is 2.11. The molecule has 94 valence electrons. The summed E-state index contributed by atoms with van der Waals surface area (Å²) in [6.45, 7) is 0.649. The molecule has 0 bridgehead atoms. The number of nitrogen functional groups attached to an aromatic ring is 1. The molecule has 2 aromatic rings. The molecule has 0 saturated carbocycles. The fourth-order valence-electron chi connectivity index (χ4n) is 2.30. The van der Waals surface area contributed by atoms with Crippen molar-refractivity contribution in [1.29, 1.82) is 0 Å². The van der Waals surface area contributed by atoms with Gasteiger partial charge in [0.2, 0.25) is 0 Å². The van der Waals surface area contributed by atoms with E-state index in [9.17, 15) is 8.78 Å². The van der Waals surface area contributed by atoms with Crippen molar-refractivity contribution < 1.29 is 8.78 Å². The molecule has 2 heterocycles. The summed E-state index contributed by atoms with van der Waals surface area (Å²) in [5.41, 5.74) is 6.57. The predicted octanol–water partition coefficient (Wildman–Crippen LogP) is 2.15. The van der Waals surface area contributed by atoms with Crippen LogP contribution in [0.3, 0.4) is 0 Å². The van der Waals surface area contributed by atoms with E-state index in [4.69, 9.17) is 5.73 Å². The number of benzene rings is 1. The molecule has 0 amide bonds. The van der Waals surface area contributed by atoms with E-state index in [0.717, 1.165) is 12.1 Å². The molecule has 1 atom stereocenters. The van der Waals surface area contributed by atoms with Gasteiger partial charge in [0.1, 0.15) is 17.5 Å². The standard InChI is InChI=1S/C12H12F2N4/c13-7-1-2-9(14)8(5-7)11-3-4-16-12-10(15)6-17-18(11)12/h1-2,5-6,11,16H,3-4,15H2. The minimum atomic E-state index is -0.452. The van der Waals surface area contributed by atoms with Gasteiger partial charge in [0, 0.05) is 12.1 Å². The first-order chi connectivity index (χ1) is 8.66. The van der Waals surface area contributed by atoms with Crippen molar-refractivity contribution in [3.8, 4) is 0 Å². The molecule has 1 aliphatic rings. The quantitative estimate of drug-likeness (QED) is 0.815. The molecular weight excluding hydrogens is 238 g/mol. The summed E-state index contributed by atoms with van der Waals surface area (Å²) in [5.74, 6) is -0.218. The monoisotopic (exact) mass is 250 g/mol. The van der Waals surface area contributed by atoms with Gasteiger partial charge in [-0.2, -0.15) is 5.10 Å². The molecule has 1 aromatic carbocycles. The molecule has 3 rings (SSSR count). The van der Waals surface area contributed by atoms with Crippen molar-refractivity contribution in [2.45, 2.75) is 12.5 Å². The summed E-state index contributed by atoms with van der Waals surface area (Å²) < 4.78 is 28.7. The van der Waals surface area contributed by atoms with E-state index in [0.29, 0.717) is 30.0 Å². The van der Waals surface area contributed by atoms with E-state index < -0.39 is 11.6 Å². The highest BCUT2D eigenvalue weighted by atomic mass is 19.1. The van der Waals surface area contributed by atoms with Crippen LogP contribution in [0.5, 0.6) is 0 Å². The second kappa shape index (κ2) is 3.97. The molecule has 0 spiro atoms. The van der Waals surface area contributed by atoms with Gasteiger partial charge in [-0.05, 0) is 24.6 Å². The van der Waals surface area contributed by atoms with Crippen LogP contribution in [0, 0.1) is 11.6 Å². The minimum absolute atomic E-state index is 0.306. The summed E-state index contributed by atoms with van der Waals surface area (Å²) in [4.78, 5) is 0. The maximum Gasteiger partial charge on any atom is 0.148 e. The lowest BCUT2D eigenvalue weighted by Gasteiger charge is -2.26. The third-order valence-corrected chi connectivity index (χ3v) is 3.15. The van der Waals surface area contributed by atoms with Crippen LogP contribution < -0.4 is 11.1 Å². The average Bonchev–Trinajstić information content (AvgIpc) is 2.75. The summed E-state index contributed by atoms with van der Waals surface area (Å²) in [7, 11) is 0. The van der Waals surface area contributed by atoms with Crippen molar-refractivity contribution in [3.63, 3.8) is 0 Å². The zero-order chi connectivity index (χ0) is 12.7. The molecule has 6 heteroatoms. The lowest BCUT2D eigenvalue weighted by molar-refractivity contribution is 0.455. The Labute approximate surface area is 102 Å². The van der Waals surface area contributed by atoms with Crippen molar-refractivity contribution in [3.05, 3.63) is 41.6 Å². The molecule has 0 fully saturated rings. The molecule has 0 aliphatic carbocycles. The molecule has 3 N–H and O–H groups in total. The van der Waals surface area contributed by atoms with Crippen molar-refractivity contribution in [1.82, 2.24) is 9.78 Å². The number of nitrogens with one attached hydrogen (secondary N) is 1. The Bertz CT molecular complexity index is 594. The lowest BCUT2D eigenvalue weighted by Crippen LogP contribution is -2.25. The van der Waals surface area contributed by atoms with Crippen LogP contribution in [0.4, 0.5) is 20.3 Å². The van der Waals surface area contributed by atoms with E-state index in [1.54, 1.807) is 4.68 Å². The van der Waals surface area contributed by atoms with Crippen LogP contribution in [-0.2, 0) is 0 Å². The summed E-state index contributed by atoms with van der Waals surface area (Å²) in [5, 5.41) is 7.23. The topological polar surface area (TPSA) is 55.9 Å². The van der Waals surface area contributed by atoms with E-state index in [2.05, 4.69) is 10.4 Å². The minimum Gasteiger partial charge on any atom is -0.394 e. The van der Waals surface area contributed by atoms with Crippen molar-refractivity contribution in [2.24, 2.45) is 0 Å². The number of halogens is 2. The number of hydrogen-bond donors (Lipinski definition) is 2. The second-order valence-corrected chi connectivity index (χ2v) is 4.29. The summed E-state index contributed by atoms with van der Waals surface area (Å²) in [6, 6.07) is 3.14. The molecule has 1 aromatic heterocycles. The third-order valence-electron chi connectivity index (χ3n) is 3.15. The molecule has 4 nitrogen and oxygen atoms in total. The maximum absolute atomic E-state index is 13.8. The number of fused-ring (bicyclic) bond motifs is 1. The second-order valence-electron chi connectivity index (χ2n) is 4.29. The van der Waals surface area contributed by atoms with Gasteiger partial charge in [-0.3, -0.25) is 0 Å². The highest BCUT2D eigenvalue weighted by Crippen LogP contribution is 2.33. The van der Waals surface area contributed by atoms with E-state index >= 15 is 0 Å². The first-order valence-electron chi connectivity index (χ1n) is 5.68. The molecule has 0 saturated heterocycles. The molecule has 18 heavy (non-hydrogen) atoms. The fraction of sp³-hybridized carbons (Fsp3) is 0.250. The van der Waals surface area contributed by atoms with Gasteiger partial charge in [0.05, 0.1) is 17.9 Å². The van der Waals surface area contributed by atoms with Crippen molar-refractivity contribution in [2.75, 3.05) is 17.6 Å². The Morgan fingerprint density at radius 2 is 2.22 bits per heavy atom. The number of nitrogens with zero attached hydrogens (tertiary/aromatic N) is 2. The molecular formula is C12H12F2N4. The molecule has 0 radical (unpaired) electrons. The van der Waals surface area contributed by atoms with Crippen LogP contribution in [-0.4, -0.2) is 16.3 Å². The van der Waals surface area contributed by atoms with Crippen LogP contribution in [0.25, 0.3) is 0 Å². The highest BCUT2D eigenvalue weighted by Gasteiger charge is 2.26. The van der Waals surface area contributed by atoms with Crippen LogP contribution in [0.1, 0.15) is 18.0 Å². The molecule has 1 unspecified atom stereocenters. The Hall–Kier alpha value is -2.11. The van der Waals surface area contributed by atoms with Gasteiger partial charge < -0.3 is 11.1 Å². The first-order valence-corrected chi connectivity index (χ1v) is 5.68.